The maximum Gasteiger partial charge on any atom is 0.329 e. The molecule has 9 heteroatoms. The zero-order valence-corrected chi connectivity index (χ0v) is 17.0. The fraction of sp³-hybridized carbons (Fsp3) is 0.273. The molecular formula is C22H19NO8. The Morgan fingerprint density at radius 1 is 0.935 bits per heavy atom. The third-order valence-electron chi connectivity index (χ3n) is 5.88. The minimum atomic E-state index is -2.21. The van der Waals surface area contributed by atoms with Crippen molar-refractivity contribution in [3.8, 4) is 11.5 Å². The molecule has 0 radical (unpaired) electrons. The number of hydrogen-bond acceptors (Lipinski definition) is 8. The van der Waals surface area contributed by atoms with Crippen LogP contribution in [0.4, 0.5) is 5.69 Å². The van der Waals surface area contributed by atoms with E-state index in [1.165, 1.54) is 13.2 Å². The van der Waals surface area contributed by atoms with E-state index in [1.54, 1.807) is 42.5 Å². The van der Waals surface area contributed by atoms with Crippen LogP contribution in [0.5, 0.6) is 11.5 Å². The van der Waals surface area contributed by atoms with Gasteiger partial charge >= 0.3 is 17.9 Å². The minimum absolute atomic E-state index is 0.167. The number of benzene rings is 2. The average Bonchev–Trinajstić information content (AvgIpc) is 3.46. The van der Waals surface area contributed by atoms with Crippen molar-refractivity contribution >= 4 is 29.5 Å². The normalized spacial score (nSPS) is 22.2. The molecule has 0 spiro atoms. The Labute approximate surface area is 177 Å². The summed E-state index contributed by atoms with van der Waals surface area (Å²) in [5.41, 5.74) is -3.69. The molecule has 1 aliphatic heterocycles. The predicted octanol–water partition coefficient (Wildman–Crippen LogP) is 1.67. The fourth-order valence-electron chi connectivity index (χ4n) is 4.48. The zero-order chi connectivity index (χ0) is 22.4. The van der Waals surface area contributed by atoms with Gasteiger partial charge in [-0.25, -0.2) is 0 Å². The van der Waals surface area contributed by atoms with E-state index in [-0.39, 0.29) is 5.75 Å². The summed E-state index contributed by atoms with van der Waals surface area (Å²) in [4.78, 5) is 52.6. The predicted molar refractivity (Wildman–Crippen MR) is 105 cm³/mol. The third kappa shape index (κ3) is 2.49. The van der Waals surface area contributed by atoms with Crippen LogP contribution in [0.3, 0.4) is 0 Å². The molecule has 0 bridgehead atoms. The van der Waals surface area contributed by atoms with Gasteiger partial charge in [0, 0.05) is 17.2 Å². The molecular weight excluding hydrogens is 406 g/mol. The van der Waals surface area contributed by atoms with Gasteiger partial charge < -0.3 is 24.3 Å². The molecule has 9 nitrogen and oxygen atoms in total. The summed E-state index contributed by atoms with van der Waals surface area (Å²) in [6.45, 7) is 0. The first-order valence-electron chi connectivity index (χ1n) is 9.33. The second kappa shape index (κ2) is 7.12. The molecule has 2 aromatic carbocycles. The van der Waals surface area contributed by atoms with Crippen LogP contribution in [-0.4, -0.2) is 45.1 Å². The number of carbonyl (C=O) groups excluding carboxylic acids is 4. The topological polar surface area (TPSA) is 117 Å². The van der Waals surface area contributed by atoms with Gasteiger partial charge in [0.25, 0.3) is 0 Å². The monoisotopic (exact) mass is 425 g/mol. The van der Waals surface area contributed by atoms with Crippen molar-refractivity contribution in [2.45, 2.75) is 5.92 Å². The number of esters is 3. The molecule has 1 N–H and O–H groups in total. The van der Waals surface area contributed by atoms with E-state index in [1.807, 2.05) is 0 Å². The summed E-state index contributed by atoms with van der Waals surface area (Å²) in [6.07, 6.45) is 0. The molecule has 1 saturated carbocycles. The van der Waals surface area contributed by atoms with Gasteiger partial charge in [-0.05, 0) is 30.3 Å². The molecule has 2 aromatic rings. The Hall–Kier alpha value is -3.88. The zero-order valence-electron chi connectivity index (χ0n) is 17.0. The van der Waals surface area contributed by atoms with Crippen LogP contribution in [0.15, 0.2) is 48.5 Å². The van der Waals surface area contributed by atoms with Gasteiger partial charge in [0.2, 0.25) is 5.91 Å². The Morgan fingerprint density at radius 2 is 1.55 bits per heavy atom. The summed E-state index contributed by atoms with van der Waals surface area (Å²) in [5, 5.41) is 2.61. The highest BCUT2D eigenvalue weighted by atomic mass is 16.6. The molecule has 4 rings (SSSR count). The molecule has 2 aliphatic rings. The van der Waals surface area contributed by atoms with Crippen molar-refractivity contribution in [1.82, 2.24) is 0 Å². The number of carbonyl (C=O) groups is 4. The van der Waals surface area contributed by atoms with Crippen molar-refractivity contribution < 1.29 is 38.1 Å². The maximum atomic E-state index is 13.5. The molecule has 1 amide bonds. The van der Waals surface area contributed by atoms with Crippen molar-refractivity contribution in [3.63, 3.8) is 0 Å². The quantitative estimate of drug-likeness (QED) is 0.437. The number of hydrogen-bond donors (Lipinski definition) is 1. The van der Waals surface area contributed by atoms with Gasteiger partial charge in [0.1, 0.15) is 11.5 Å². The van der Waals surface area contributed by atoms with Crippen LogP contribution >= 0.6 is 0 Å². The molecule has 1 heterocycles. The summed E-state index contributed by atoms with van der Waals surface area (Å²) in [6, 6.07) is 12.7. The van der Waals surface area contributed by atoms with Crippen LogP contribution < -0.4 is 14.8 Å². The molecule has 0 aromatic heterocycles. The average molecular weight is 425 g/mol. The van der Waals surface area contributed by atoms with E-state index in [0.29, 0.717) is 17.0 Å². The smallest absolute Gasteiger partial charge is 0.329 e. The van der Waals surface area contributed by atoms with E-state index < -0.39 is 40.6 Å². The summed E-state index contributed by atoms with van der Waals surface area (Å²) < 4.78 is 20.2. The fourth-order valence-corrected chi connectivity index (χ4v) is 4.48. The third-order valence-corrected chi connectivity index (χ3v) is 5.88. The summed E-state index contributed by atoms with van der Waals surface area (Å²) in [5.74, 6) is -4.43. The van der Waals surface area contributed by atoms with Crippen LogP contribution in [0, 0.1) is 10.8 Å². The Kier molecular flexibility index (Phi) is 4.68. The number of para-hydroxylation sites is 1. The largest absolute Gasteiger partial charge is 0.497 e. The number of amides is 1. The Bertz CT molecular complexity index is 1080. The first-order chi connectivity index (χ1) is 14.9. The highest BCUT2D eigenvalue weighted by Crippen LogP contribution is 2.78. The lowest BCUT2D eigenvalue weighted by Crippen LogP contribution is -2.46. The van der Waals surface area contributed by atoms with Gasteiger partial charge in [-0.1, -0.05) is 18.2 Å². The lowest BCUT2D eigenvalue weighted by Gasteiger charge is -2.23. The molecule has 1 fully saturated rings. The van der Waals surface area contributed by atoms with Crippen LogP contribution in [0.2, 0.25) is 0 Å². The van der Waals surface area contributed by atoms with Crippen LogP contribution in [0.1, 0.15) is 11.5 Å². The number of nitrogens with one attached hydrogen (secondary N) is 1. The van der Waals surface area contributed by atoms with Gasteiger partial charge in [0.15, 0.2) is 10.8 Å². The molecule has 160 valence electrons. The highest BCUT2D eigenvalue weighted by Gasteiger charge is 2.95. The molecule has 2 atom stereocenters. The van der Waals surface area contributed by atoms with Crippen molar-refractivity contribution in [2.24, 2.45) is 10.8 Å². The summed E-state index contributed by atoms with van der Waals surface area (Å²) >= 11 is 0. The number of anilines is 1. The Morgan fingerprint density at radius 3 is 2.13 bits per heavy atom. The molecule has 2 unspecified atom stereocenters. The molecule has 31 heavy (non-hydrogen) atoms. The van der Waals surface area contributed by atoms with Crippen molar-refractivity contribution in [1.29, 1.82) is 0 Å². The van der Waals surface area contributed by atoms with E-state index in [4.69, 9.17) is 18.9 Å². The van der Waals surface area contributed by atoms with E-state index in [9.17, 15) is 19.2 Å². The first kappa shape index (κ1) is 20.4. The number of rotatable bonds is 5. The summed E-state index contributed by atoms with van der Waals surface area (Å²) in [7, 11) is 3.64. The van der Waals surface area contributed by atoms with E-state index >= 15 is 0 Å². The number of ether oxygens (including phenoxy) is 4. The van der Waals surface area contributed by atoms with Crippen LogP contribution in [0.25, 0.3) is 0 Å². The van der Waals surface area contributed by atoms with Crippen molar-refractivity contribution in [3.05, 3.63) is 54.1 Å². The van der Waals surface area contributed by atoms with Gasteiger partial charge in [-0.3, -0.25) is 19.2 Å². The maximum absolute atomic E-state index is 13.5. The Balaban J connectivity index is 1.86. The van der Waals surface area contributed by atoms with E-state index in [2.05, 4.69) is 5.32 Å². The molecule has 0 saturated heterocycles. The van der Waals surface area contributed by atoms with E-state index in [0.717, 1.165) is 14.2 Å². The van der Waals surface area contributed by atoms with Gasteiger partial charge in [-0.2, -0.15) is 0 Å². The van der Waals surface area contributed by atoms with Crippen molar-refractivity contribution in [2.75, 3.05) is 26.6 Å². The molecule has 1 aliphatic carbocycles. The second-order valence-electron chi connectivity index (χ2n) is 7.14. The van der Waals surface area contributed by atoms with Crippen LogP contribution in [-0.2, 0) is 28.7 Å². The lowest BCUT2D eigenvalue weighted by molar-refractivity contribution is -0.168. The number of fused-ring (bicyclic) bond motifs is 3. The number of methoxy groups -OCH3 is 3. The SMILES string of the molecule is COC(=O)C1(C(=O)OC)C2c3ccccc3OC(=O)C21C(=O)Nc1ccc(OC)cc1. The lowest BCUT2D eigenvalue weighted by atomic mass is 9.90. The minimum Gasteiger partial charge on any atom is -0.497 e. The first-order valence-corrected chi connectivity index (χ1v) is 9.33. The highest BCUT2D eigenvalue weighted by molar-refractivity contribution is 6.27. The van der Waals surface area contributed by atoms with Gasteiger partial charge in [0.05, 0.1) is 21.3 Å². The van der Waals surface area contributed by atoms with Gasteiger partial charge in [-0.15, -0.1) is 0 Å². The standard InChI is InChI=1S/C22H19NO8/c1-28-13-10-8-12(9-11-13)23-17(24)21-16(22(21,18(25)29-2)19(26)30-3)14-6-4-5-7-15(14)31-20(21)27/h4-11,16H,1-3H3,(H,23,24). The second-order valence-corrected chi connectivity index (χ2v) is 7.14.